The smallest absolute Gasteiger partial charge is 0.317 e. The standard InChI is InChI=1S/C13H22N2O3/c1-13(2)8-15(11(13)9-5-6-9)12(18)14-7-3-4-10(16)17/h9,11H,3-8H2,1-2H3,(H,14,18)(H,16,17). The number of urea groups is 1. The third-order valence-electron chi connectivity index (χ3n) is 3.89. The summed E-state index contributed by atoms with van der Waals surface area (Å²) in [6.45, 7) is 5.67. The molecule has 5 heteroatoms. The summed E-state index contributed by atoms with van der Waals surface area (Å²) in [7, 11) is 0. The molecule has 1 atom stereocenters. The Bertz CT molecular complexity index is 350. The van der Waals surface area contributed by atoms with Gasteiger partial charge in [0.05, 0.1) is 0 Å². The molecule has 18 heavy (non-hydrogen) atoms. The molecule has 1 saturated heterocycles. The number of rotatable bonds is 5. The minimum atomic E-state index is -0.815. The summed E-state index contributed by atoms with van der Waals surface area (Å²) < 4.78 is 0. The van der Waals surface area contributed by atoms with Crippen molar-refractivity contribution >= 4 is 12.0 Å². The van der Waals surface area contributed by atoms with Gasteiger partial charge >= 0.3 is 12.0 Å². The van der Waals surface area contributed by atoms with E-state index in [1.54, 1.807) is 0 Å². The summed E-state index contributed by atoms with van der Waals surface area (Å²) in [4.78, 5) is 24.2. The first kappa shape index (κ1) is 13.2. The molecule has 2 N–H and O–H groups in total. The SMILES string of the molecule is CC1(C)CN(C(=O)NCCCC(=O)O)C1C1CC1. The molecule has 1 heterocycles. The van der Waals surface area contributed by atoms with Crippen molar-refractivity contribution < 1.29 is 14.7 Å². The number of carboxylic acid groups (broad SMARTS) is 1. The largest absolute Gasteiger partial charge is 0.481 e. The quantitative estimate of drug-likeness (QED) is 0.733. The van der Waals surface area contributed by atoms with Crippen LogP contribution in [0.2, 0.25) is 0 Å². The van der Waals surface area contributed by atoms with Gasteiger partial charge in [-0.25, -0.2) is 4.79 Å². The summed E-state index contributed by atoms with van der Waals surface area (Å²) in [6.07, 6.45) is 3.07. The second-order valence-corrected chi connectivity index (χ2v) is 6.13. The highest BCUT2D eigenvalue weighted by Gasteiger charge is 2.54. The van der Waals surface area contributed by atoms with E-state index < -0.39 is 5.97 Å². The van der Waals surface area contributed by atoms with Gasteiger partial charge in [-0.05, 0) is 25.2 Å². The van der Waals surface area contributed by atoms with Gasteiger partial charge in [-0.3, -0.25) is 4.79 Å². The number of hydrogen-bond donors (Lipinski definition) is 2. The van der Waals surface area contributed by atoms with Crippen LogP contribution in [0.3, 0.4) is 0 Å². The van der Waals surface area contributed by atoms with Gasteiger partial charge in [0.15, 0.2) is 0 Å². The van der Waals surface area contributed by atoms with Gasteiger partial charge in [-0.2, -0.15) is 0 Å². The molecule has 0 bridgehead atoms. The van der Waals surface area contributed by atoms with Gasteiger partial charge in [-0.1, -0.05) is 13.8 Å². The Kier molecular flexibility index (Phi) is 3.50. The second-order valence-electron chi connectivity index (χ2n) is 6.13. The van der Waals surface area contributed by atoms with E-state index >= 15 is 0 Å². The van der Waals surface area contributed by atoms with Crippen LogP contribution in [0.5, 0.6) is 0 Å². The van der Waals surface area contributed by atoms with Crippen LogP contribution in [0.25, 0.3) is 0 Å². The van der Waals surface area contributed by atoms with Crippen molar-refractivity contribution in [2.24, 2.45) is 11.3 Å². The molecule has 5 nitrogen and oxygen atoms in total. The second kappa shape index (κ2) is 4.78. The van der Waals surface area contributed by atoms with Crippen LogP contribution in [-0.4, -0.2) is 41.1 Å². The molecule has 2 rings (SSSR count). The van der Waals surface area contributed by atoms with Crippen molar-refractivity contribution in [3.05, 3.63) is 0 Å². The lowest BCUT2D eigenvalue weighted by Gasteiger charge is -2.54. The lowest BCUT2D eigenvalue weighted by molar-refractivity contribution is -0.137. The van der Waals surface area contributed by atoms with E-state index in [4.69, 9.17) is 5.11 Å². The molecule has 1 aliphatic carbocycles. The zero-order valence-electron chi connectivity index (χ0n) is 11.1. The van der Waals surface area contributed by atoms with Crippen LogP contribution in [0.4, 0.5) is 4.79 Å². The molecule has 0 aromatic heterocycles. The Morgan fingerprint density at radius 2 is 2.06 bits per heavy atom. The van der Waals surface area contributed by atoms with E-state index in [2.05, 4.69) is 19.2 Å². The molecular formula is C13H22N2O3. The highest BCUT2D eigenvalue weighted by Crippen LogP contribution is 2.49. The normalized spacial score (nSPS) is 25.4. The zero-order valence-corrected chi connectivity index (χ0v) is 11.1. The maximum atomic E-state index is 12.0. The number of amides is 2. The molecule has 1 saturated carbocycles. The first-order valence-corrected chi connectivity index (χ1v) is 6.68. The van der Waals surface area contributed by atoms with Crippen LogP contribution >= 0.6 is 0 Å². The van der Waals surface area contributed by atoms with Crippen LogP contribution in [0, 0.1) is 11.3 Å². The number of hydrogen-bond acceptors (Lipinski definition) is 2. The van der Waals surface area contributed by atoms with Crippen molar-refractivity contribution in [2.75, 3.05) is 13.1 Å². The fourth-order valence-corrected chi connectivity index (χ4v) is 2.98. The third kappa shape index (κ3) is 2.76. The fraction of sp³-hybridized carbons (Fsp3) is 0.846. The van der Waals surface area contributed by atoms with Gasteiger partial charge < -0.3 is 15.3 Å². The summed E-state index contributed by atoms with van der Waals surface area (Å²) in [5.74, 6) is -0.135. The maximum absolute atomic E-state index is 12.0. The minimum Gasteiger partial charge on any atom is -0.481 e. The predicted octanol–water partition coefficient (Wildman–Crippen LogP) is 1.68. The number of nitrogens with zero attached hydrogens (tertiary/aromatic N) is 1. The molecule has 1 aliphatic heterocycles. The molecule has 0 spiro atoms. The van der Waals surface area contributed by atoms with E-state index in [9.17, 15) is 9.59 Å². The lowest BCUT2D eigenvalue weighted by atomic mass is 9.72. The maximum Gasteiger partial charge on any atom is 0.317 e. The monoisotopic (exact) mass is 254 g/mol. The number of carbonyl (C=O) groups is 2. The average molecular weight is 254 g/mol. The first-order chi connectivity index (χ1) is 8.42. The molecule has 2 fully saturated rings. The van der Waals surface area contributed by atoms with Gasteiger partial charge in [-0.15, -0.1) is 0 Å². The number of aliphatic carboxylic acids is 1. The van der Waals surface area contributed by atoms with Gasteiger partial charge in [0.2, 0.25) is 0 Å². The molecule has 2 amide bonds. The Balaban J connectivity index is 1.74. The third-order valence-corrected chi connectivity index (χ3v) is 3.89. The summed E-state index contributed by atoms with van der Waals surface area (Å²) in [5.41, 5.74) is 0.236. The average Bonchev–Trinajstić information content (AvgIpc) is 3.05. The Labute approximate surface area is 108 Å². The fourth-order valence-electron chi connectivity index (χ4n) is 2.98. The summed E-state index contributed by atoms with van der Waals surface area (Å²) >= 11 is 0. The van der Waals surface area contributed by atoms with Crippen LogP contribution in [0.1, 0.15) is 39.5 Å². The Morgan fingerprint density at radius 1 is 1.39 bits per heavy atom. The number of carboxylic acids is 1. The first-order valence-electron chi connectivity index (χ1n) is 6.68. The highest BCUT2D eigenvalue weighted by molar-refractivity contribution is 5.76. The summed E-state index contributed by atoms with van der Waals surface area (Å²) in [6, 6.07) is 0.341. The number of nitrogens with one attached hydrogen (secondary N) is 1. The number of likely N-dealkylation sites (tertiary alicyclic amines) is 1. The van der Waals surface area contributed by atoms with E-state index in [1.165, 1.54) is 12.8 Å². The van der Waals surface area contributed by atoms with E-state index in [1.807, 2.05) is 4.90 Å². The molecule has 0 aromatic carbocycles. The van der Waals surface area contributed by atoms with Crippen LogP contribution < -0.4 is 5.32 Å². The molecule has 0 radical (unpaired) electrons. The van der Waals surface area contributed by atoms with Crippen LogP contribution in [0.15, 0.2) is 0 Å². The minimum absolute atomic E-state index is 0.0309. The molecular weight excluding hydrogens is 232 g/mol. The van der Waals surface area contributed by atoms with Crippen molar-refractivity contribution in [3.8, 4) is 0 Å². The Morgan fingerprint density at radius 3 is 2.56 bits per heavy atom. The van der Waals surface area contributed by atoms with Crippen molar-refractivity contribution in [1.29, 1.82) is 0 Å². The predicted molar refractivity (Wildman–Crippen MR) is 67.3 cm³/mol. The van der Waals surface area contributed by atoms with E-state index in [0.717, 1.165) is 6.54 Å². The van der Waals surface area contributed by atoms with Gasteiger partial charge in [0.1, 0.15) is 0 Å². The highest BCUT2D eigenvalue weighted by atomic mass is 16.4. The van der Waals surface area contributed by atoms with E-state index in [-0.39, 0.29) is 17.9 Å². The van der Waals surface area contributed by atoms with Gasteiger partial charge in [0.25, 0.3) is 0 Å². The Hall–Kier alpha value is -1.26. The molecule has 0 aromatic rings. The van der Waals surface area contributed by atoms with E-state index in [0.29, 0.717) is 24.9 Å². The molecule has 2 aliphatic rings. The lowest BCUT2D eigenvalue weighted by Crippen LogP contribution is -2.66. The van der Waals surface area contributed by atoms with Crippen molar-refractivity contribution in [2.45, 2.75) is 45.6 Å². The zero-order chi connectivity index (χ0) is 13.3. The molecule has 102 valence electrons. The van der Waals surface area contributed by atoms with Crippen LogP contribution in [-0.2, 0) is 4.79 Å². The van der Waals surface area contributed by atoms with Gasteiger partial charge in [0, 0.05) is 31.0 Å². The molecule has 1 unspecified atom stereocenters. The topological polar surface area (TPSA) is 69.6 Å². The summed E-state index contributed by atoms with van der Waals surface area (Å²) in [5, 5.41) is 11.3. The number of carbonyl (C=O) groups excluding carboxylic acids is 1. The van der Waals surface area contributed by atoms with Crippen molar-refractivity contribution in [3.63, 3.8) is 0 Å². The van der Waals surface area contributed by atoms with Crippen molar-refractivity contribution in [1.82, 2.24) is 10.2 Å².